The Hall–Kier alpha value is -0.600. The lowest BCUT2D eigenvalue weighted by Crippen LogP contribution is -2.29. The van der Waals surface area contributed by atoms with E-state index in [1.165, 1.54) is 18.4 Å². The Labute approximate surface area is 135 Å². The predicted molar refractivity (Wildman–Crippen MR) is 90.6 cm³/mol. The van der Waals surface area contributed by atoms with Crippen molar-refractivity contribution in [2.45, 2.75) is 84.5 Å². The van der Waals surface area contributed by atoms with E-state index in [9.17, 15) is 5.11 Å². The SMILES string of the molecule is C/C1=C\[C@@H](O)C[C@@]2(C)O[C@@H]2C[C@]2(C)CC=C(C(C)C)[C@H]2CC1. The van der Waals surface area contributed by atoms with Crippen LogP contribution in [0.1, 0.15) is 66.7 Å². The van der Waals surface area contributed by atoms with Gasteiger partial charge in [-0.3, -0.25) is 0 Å². The minimum Gasteiger partial charge on any atom is -0.389 e. The van der Waals surface area contributed by atoms with E-state index in [0.717, 1.165) is 19.3 Å². The van der Waals surface area contributed by atoms with Crippen molar-refractivity contribution in [3.8, 4) is 0 Å². The first kappa shape index (κ1) is 16.3. The molecule has 1 aliphatic heterocycles. The van der Waals surface area contributed by atoms with Crippen LogP contribution in [0.5, 0.6) is 0 Å². The van der Waals surface area contributed by atoms with Crippen LogP contribution in [0, 0.1) is 17.3 Å². The normalized spacial score (nSPS) is 47.9. The summed E-state index contributed by atoms with van der Waals surface area (Å²) in [5.74, 6) is 1.30. The molecule has 3 aliphatic rings. The van der Waals surface area contributed by atoms with E-state index in [-0.39, 0.29) is 11.7 Å². The number of fused-ring (bicyclic) bond motifs is 2. The minimum atomic E-state index is -0.360. The molecule has 1 N–H and O–H groups in total. The van der Waals surface area contributed by atoms with Gasteiger partial charge < -0.3 is 9.84 Å². The summed E-state index contributed by atoms with van der Waals surface area (Å²) in [6, 6.07) is 0. The second-order valence-corrected chi connectivity index (χ2v) is 8.72. The van der Waals surface area contributed by atoms with Crippen LogP contribution in [-0.2, 0) is 4.74 Å². The van der Waals surface area contributed by atoms with E-state index < -0.39 is 0 Å². The molecule has 2 nitrogen and oxygen atoms in total. The van der Waals surface area contributed by atoms with Crippen molar-refractivity contribution in [1.82, 2.24) is 0 Å². The molecule has 0 bridgehead atoms. The highest BCUT2D eigenvalue weighted by Gasteiger charge is 2.56. The molecule has 22 heavy (non-hydrogen) atoms. The topological polar surface area (TPSA) is 32.8 Å². The average molecular weight is 304 g/mol. The maximum absolute atomic E-state index is 10.3. The van der Waals surface area contributed by atoms with Crippen LogP contribution in [0.4, 0.5) is 0 Å². The van der Waals surface area contributed by atoms with Crippen LogP contribution in [0.15, 0.2) is 23.3 Å². The summed E-state index contributed by atoms with van der Waals surface area (Å²) in [5, 5.41) is 10.3. The van der Waals surface area contributed by atoms with Gasteiger partial charge in [0.25, 0.3) is 0 Å². The monoisotopic (exact) mass is 304 g/mol. The summed E-state index contributed by atoms with van der Waals surface area (Å²) in [4.78, 5) is 0. The fourth-order valence-electron chi connectivity index (χ4n) is 4.83. The Balaban J connectivity index is 1.88. The fraction of sp³-hybridized carbons (Fsp3) is 0.800. The maximum Gasteiger partial charge on any atom is 0.0948 e. The van der Waals surface area contributed by atoms with Gasteiger partial charge in [-0.2, -0.15) is 0 Å². The Kier molecular flexibility index (Phi) is 4.06. The summed E-state index contributed by atoms with van der Waals surface area (Å²) in [6.45, 7) is 11.4. The Morgan fingerprint density at radius 1 is 1.27 bits per heavy atom. The van der Waals surface area contributed by atoms with Gasteiger partial charge in [0.05, 0.1) is 17.8 Å². The molecule has 0 aromatic heterocycles. The van der Waals surface area contributed by atoms with E-state index in [1.54, 1.807) is 5.57 Å². The van der Waals surface area contributed by atoms with Crippen molar-refractivity contribution in [2.75, 3.05) is 0 Å². The number of aliphatic hydroxyl groups excluding tert-OH is 1. The van der Waals surface area contributed by atoms with Gasteiger partial charge in [-0.1, -0.05) is 44.1 Å². The smallest absolute Gasteiger partial charge is 0.0948 e. The second-order valence-electron chi connectivity index (χ2n) is 8.72. The van der Waals surface area contributed by atoms with Gasteiger partial charge in [-0.25, -0.2) is 0 Å². The van der Waals surface area contributed by atoms with E-state index in [1.807, 2.05) is 0 Å². The molecule has 0 radical (unpaired) electrons. The van der Waals surface area contributed by atoms with Crippen molar-refractivity contribution in [2.24, 2.45) is 17.3 Å². The van der Waals surface area contributed by atoms with Gasteiger partial charge in [0.15, 0.2) is 0 Å². The Morgan fingerprint density at radius 2 is 2.00 bits per heavy atom. The summed E-state index contributed by atoms with van der Waals surface area (Å²) in [7, 11) is 0. The lowest BCUT2D eigenvalue weighted by molar-refractivity contribution is 0.162. The van der Waals surface area contributed by atoms with Crippen LogP contribution in [0.3, 0.4) is 0 Å². The summed E-state index contributed by atoms with van der Waals surface area (Å²) in [6.07, 6.45) is 9.89. The summed E-state index contributed by atoms with van der Waals surface area (Å²) in [5.41, 5.74) is 3.19. The first-order valence-electron chi connectivity index (χ1n) is 8.97. The molecule has 1 heterocycles. The van der Waals surface area contributed by atoms with Crippen LogP contribution in [0.2, 0.25) is 0 Å². The van der Waals surface area contributed by atoms with Crippen molar-refractivity contribution in [3.63, 3.8) is 0 Å². The first-order valence-corrected chi connectivity index (χ1v) is 8.97. The van der Waals surface area contributed by atoms with Gasteiger partial charge in [0.2, 0.25) is 0 Å². The van der Waals surface area contributed by atoms with Gasteiger partial charge in [0.1, 0.15) is 0 Å². The van der Waals surface area contributed by atoms with Crippen molar-refractivity contribution in [3.05, 3.63) is 23.3 Å². The first-order chi connectivity index (χ1) is 10.2. The molecule has 0 amide bonds. The quantitative estimate of drug-likeness (QED) is 0.566. The highest BCUT2D eigenvalue weighted by Crippen LogP contribution is 2.56. The average Bonchev–Trinajstić information content (AvgIpc) is 2.87. The molecule has 5 atom stereocenters. The number of allylic oxidation sites excluding steroid dienone is 3. The van der Waals surface area contributed by atoms with E-state index in [2.05, 4.69) is 46.8 Å². The fourth-order valence-corrected chi connectivity index (χ4v) is 4.83. The molecule has 0 spiro atoms. The van der Waals surface area contributed by atoms with Crippen molar-refractivity contribution in [1.29, 1.82) is 0 Å². The lowest BCUT2D eigenvalue weighted by Gasteiger charge is -2.35. The molecule has 2 heteroatoms. The zero-order valence-corrected chi connectivity index (χ0v) is 14.9. The number of ether oxygens (including phenoxy) is 1. The highest BCUT2D eigenvalue weighted by atomic mass is 16.6. The number of hydrogen-bond donors (Lipinski definition) is 1. The number of aliphatic hydroxyl groups is 1. The second kappa shape index (κ2) is 5.49. The van der Waals surface area contributed by atoms with E-state index >= 15 is 0 Å². The molecule has 0 saturated carbocycles. The molecule has 124 valence electrons. The van der Waals surface area contributed by atoms with Crippen molar-refractivity contribution < 1.29 is 9.84 Å². The zero-order valence-electron chi connectivity index (χ0n) is 14.9. The lowest BCUT2D eigenvalue weighted by atomic mass is 9.69. The van der Waals surface area contributed by atoms with Gasteiger partial charge in [0, 0.05) is 6.42 Å². The molecule has 1 saturated heterocycles. The van der Waals surface area contributed by atoms with E-state index in [0.29, 0.717) is 23.4 Å². The third-order valence-corrected chi connectivity index (χ3v) is 6.32. The third kappa shape index (κ3) is 2.92. The van der Waals surface area contributed by atoms with Gasteiger partial charge in [-0.15, -0.1) is 0 Å². The Bertz CT molecular complexity index is 504. The van der Waals surface area contributed by atoms with Gasteiger partial charge >= 0.3 is 0 Å². The third-order valence-electron chi connectivity index (χ3n) is 6.32. The molecular formula is C20H32O2. The summed E-state index contributed by atoms with van der Waals surface area (Å²) < 4.78 is 6.04. The number of hydrogen-bond acceptors (Lipinski definition) is 2. The highest BCUT2D eigenvalue weighted by molar-refractivity contribution is 5.23. The zero-order chi connectivity index (χ0) is 16.1. The molecular weight excluding hydrogens is 272 g/mol. The predicted octanol–water partition coefficient (Wildman–Crippen LogP) is 4.63. The van der Waals surface area contributed by atoms with Crippen LogP contribution in [0.25, 0.3) is 0 Å². The van der Waals surface area contributed by atoms with E-state index in [4.69, 9.17) is 4.74 Å². The van der Waals surface area contributed by atoms with Crippen LogP contribution in [-0.4, -0.2) is 22.9 Å². The van der Waals surface area contributed by atoms with Gasteiger partial charge in [-0.05, 0) is 56.8 Å². The molecule has 0 unspecified atom stereocenters. The Morgan fingerprint density at radius 3 is 2.68 bits per heavy atom. The van der Waals surface area contributed by atoms with Crippen LogP contribution < -0.4 is 0 Å². The van der Waals surface area contributed by atoms with Crippen molar-refractivity contribution >= 4 is 0 Å². The molecule has 0 aromatic rings. The molecule has 3 rings (SSSR count). The molecule has 1 fully saturated rings. The number of epoxide rings is 1. The maximum atomic E-state index is 10.3. The molecule has 0 aromatic carbocycles. The standard InChI is InChI=1S/C20H32O2/c1-13(2)16-8-9-19(4)12-18-20(5,22-18)11-15(21)10-14(3)6-7-17(16)19/h8,10,13,15,17-18,21H,6-7,9,11-12H2,1-5H3/b14-10+/t15-,17-,18-,19+,20-/m1/s1. The largest absolute Gasteiger partial charge is 0.389 e. The number of rotatable bonds is 1. The minimum absolute atomic E-state index is 0.116. The van der Waals surface area contributed by atoms with Crippen LogP contribution >= 0.6 is 0 Å². The summed E-state index contributed by atoms with van der Waals surface area (Å²) >= 11 is 0. The molecule has 2 aliphatic carbocycles.